The molecule has 0 saturated heterocycles. The number of hydrogen-bond donors (Lipinski definition) is 1. The van der Waals surface area contributed by atoms with E-state index in [2.05, 4.69) is 31.0 Å². The molecule has 2 rings (SSSR count). The van der Waals surface area contributed by atoms with Crippen LogP contribution in [-0.4, -0.2) is 47.5 Å². The smallest absolute Gasteiger partial charge is 0.157 e. The Balaban J connectivity index is 1.82. The largest absolute Gasteiger partial charge is 0.361 e. The van der Waals surface area contributed by atoms with Crippen LogP contribution in [0.25, 0.3) is 0 Å². The number of likely N-dealkylation sites (N-methyl/N-ethyl adjacent to an activating group) is 1. The number of rotatable bonds is 5. The fourth-order valence-corrected chi connectivity index (χ4v) is 4.22. The maximum Gasteiger partial charge on any atom is 0.157 e. The molecular weight excluding hydrogens is 242 g/mol. The molecule has 0 radical (unpaired) electrons. The average molecular weight is 269 g/mol. The van der Waals surface area contributed by atoms with Gasteiger partial charge >= 0.3 is 0 Å². The number of nitrogens with zero attached hydrogens (tertiary/aromatic N) is 2. The van der Waals surface area contributed by atoms with Gasteiger partial charge in [-0.15, -0.1) is 0 Å². The molecule has 3 unspecified atom stereocenters. The minimum Gasteiger partial charge on any atom is -0.361 e. The van der Waals surface area contributed by atoms with Gasteiger partial charge in [-0.1, -0.05) is 32.0 Å². The lowest BCUT2D eigenvalue weighted by atomic mass is 10.1. The summed E-state index contributed by atoms with van der Waals surface area (Å²) in [6.07, 6.45) is 4.08. The zero-order valence-corrected chi connectivity index (χ0v) is 12.8. The number of thioether (sulfide) groups is 1. The summed E-state index contributed by atoms with van der Waals surface area (Å²) in [6, 6.07) is 1.11. The molecule has 0 amide bonds. The first kappa shape index (κ1) is 14.2. The molecule has 0 aromatic carbocycles. The van der Waals surface area contributed by atoms with Crippen LogP contribution < -0.4 is 5.32 Å². The molecule has 0 spiro atoms. The van der Waals surface area contributed by atoms with E-state index in [-0.39, 0.29) is 0 Å². The second kappa shape index (κ2) is 6.80. The van der Waals surface area contributed by atoms with Crippen LogP contribution in [0.5, 0.6) is 0 Å². The van der Waals surface area contributed by atoms with E-state index in [9.17, 15) is 0 Å². The van der Waals surface area contributed by atoms with Gasteiger partial charge in [-0.25, -0.2) is 0 Å². The summed E-state index contributed by atoms with van der Waals surface area (Å²) in [5.74, 6) is 2.13. The van der Waals surface area contributed by atoms with Gasteiger partial charge in [-0.3, -0.25) is 4.99 Å². The predicted molar refractivity (Wildman–Crippen MR) is 81.4 cm³/mol. The van der Waals surface area contributed by atoms with Crippen LogP contribution in [0.1, 0.15) is 40.0 Å². The number of amidine groups is 1. The number of nitrogens with one attached hydrogen (secondary N) is 1. The fraction of sp³-hybridized carbons (Fsp3) is 0.929. The summed E-state index contributed by atoms with van der Waals surface area (Å²) < 4.78 is 0. The van der Waals surface area contributed by atoms with E-state index >= 15 is 0 Å². The topological polar surface area (TPSA) is 27.6 Å². The van der Waals surface area contributed by atoms with E-state index in [0.717, 1.165) is 25.6 Å². The van der Waals surface area contributed by atoms with Gasteiger partial charge in [0.1, 0.15) is 0 Å². The number of fused-ring (bicyclic) bond motifs is 1. The average Bonchev–Trinajstić information content (AvgIpc) is 2.83. The lowest BCUT2D eigenvalue weighted by Crippen LogP contribution is -2.42. The van der Waals surface area contributed by atoms with Crippen molar-refractivity contribution < 1.29 is 0 Å². The Morgan fingerprint density at radius 3 is 2.89 bits per heavy atom. The van der Waals surface area contributed by atoms with Crippen molar-refractivity contribution in [3.05, 3.63) is 0 Å². The van der Waals surface area contributed by atoms with Gasteiger partial charge in [0.05, 0.1) is 6.04 Å². The normalized spacial score (nSPS) is 29.0. The van der Waals surface area contributed by atoms with E-state index in [0.29, 0.717) is 12.1 Å². The van der Waals surface area contributed by atoms with Crippen LogP contribution >= 0.6 is 11.8 Å². The Labute approximate surface area is 116 Å². The maximum absolute atomic E-state index is 4.89. The monoisotopic (exact) mass is 269 g/mol. The van der Waals surface area contributed by atoms with E-state index < -0.39 is 0 Å². The molecule has 0 bridgehead atoms. The summed E-state index contributed by atoms with van der Waals surface area (Å²) >= 11 is 1.93. The summed E-state index contributed by atoms with van der Waals surface area (Å²) in [7, 11) is 0. The van der Waals surface area contributed by atoms with Crippen LogP contribution in [-0.2, 0) is 0 Å². The van der Waals surface area contributed by atoms with Gasteiger partial charge in [0, 0.05) is 18.3 Å². The fourth-order valence-electron chi connectivity index (χ4n) is 2.96. The highest BCUT2D eigenvalue weighted by Crippen LogP contribution is 2.34. The van der Waals surface area contributed by atoms with Crippen LogP contribution in [0.3, 0.4) is 0 Å². The standard InChI is InChI=1S/C14H27N3S/c1-4-17(5-2)9-11(3)15-14-16-13-8-6-7-12(13)10-18-14/h11-13H,4-10H2,1-3H3,(H,15,16). The second-order valence-corrected chi connectivity index (χ2v) is 6.54. The van der Waals surface area contributed by atoms with E-state index in [1.165, 1.54) is 30.2 Å². The Kier molecular flexibility index (Phi) is 5.37. The Morgan fingerprint density at radius 1 is 1.39 bits per heavy atom. The van der Waals surface area contributed by atoms with Crippen molar-refractivity contribution in [1.82, 2.24) is 10.2 Å². The van der Waals surface area contributed by atoms with Crippen molar-refractivity contribution in [2.75, 3.05) is 25.4 Å². The van der Waals surface area contributed by atoms with Gasteiger partial charge < -0.3 is 10.2 Å². The van der Waals surface area contributed by atoms with Crippen molar-refractivity contribution in [2.24, 2.45) is 10.9 Å². The molecule has 1 fully saturated rings. The predicted octanol–water partition coefficient (Wildman–Crippen LogP) is 2.58. The highest BCUT2D eigenvalue weighted by molar-refractivity contribution is 8.13. The van der Waals surface area contributed by atoms with Crippen LogP contribution in [0.4, 0.5) is 0 Å². The summed E-state index contributed by atoms with van der Waals surface area (Å²) in [6.45, 7) is 10.1. The molecule has 1 saturated carbocycles. The lowest BCUT2D eigenvalue weighted by Gasteiger charge is -2.28. The van der Waals surface area contributed by atoms with Crippen molar-refractivity contribution in [1.29, 1.82) is 0 Å². The molecule has 1 heterocycles. The third-order valence-electron chi connectivity index (χ3n) is 4.13. The molecule has 1 aliphatic heterocycles. The Morgan fingerprint density at radius 2 is 2.17 bits per heavy atom. The molecular formula is C14H27N3S. The van der Waals surface area contributed by atoms with E-state index in [1.54, 1.807) is 0 Å². The maximum atomic E-state index is 4.89. The zero-order chi connectivity index (χ0) is 13.0. The molecule has 104 valence electrons. The first-order valence-electron chi connectivity index (χ1n) is 7.42. The minimum absolute atomic E-state index is 0.495. The van der Waals surface area contributed by atoms with Crippen LogP contribution in [0.2, 0.25) is 0 Å². The van der Waals surface area contributed by atoms with Crippen molar-refractivity contribution in [2.45, 2.75) is 52.1 Å². The van der Waals surface area contributed by atoms with Crippen molar-refractivity contribution in [3.8, 4) is 0 Å². The second-order valence-electron chi connectivity index (χ2n) is 5.53. The van der Waals surface area contributed by atoms with Crippen LogP contribution in [0.15, 0.2) is 4.99 Å². The minimum atomic E-state index is 0.495. The molecule has 18 heavy (non-hydrogen) atoms. The van der Waals surface area contributed by atoms with Gasteiger partial charge in [0.25, 0.3) is 0 Å². The molecule has 1 aliphatic carbocycles. The third kappa shape index (κ3) is 3.64. The SMILES string of the molecule is CCN(CC)CC(C)NC1=NC2CCCC2CS1. The molecule has 1 N–H and O–H groups in total. The van der Waals surface area contributed by atoms with Crippen LogP contribution in [0, 0.1) is 5.92 Å². The Bertz CT molecular complexity index is 289. The first-order chi connectivity index (χ1) is 8.72. The molecule has 4 heteroatoms. The van der Waals surface area contributed by atoms with E-state index in [1.807, 2.05) is 11.8 Å². The highest BCUT2D eigenvalue weighted by Gasteiger charge is 2.31. The molecule has 0 aromatic rings. The summed E-state index contributed by atoms with van der Waals surface area (Å²) in [5, 5.41) is 4.79. The summed E-state index contributed by atoms with van der Waals surface area (Å²) in [4.78, 5) is 7.36. The lowest BCUT2D eigenvalue weighted by molar-refractivity contribution is 0.282. The van der Waals surface area contributed by atoms with Gasteiger partial charge in [-0.05, 0) is 38.8 Å². The van der Waals surface area contributed by atoms with E-state index in [4.69, 9.17) is 4.99 Å². The number of aliphatic imine (C=N–C) groups is 1. The quantitative estimate of drug-likeness (QED) is 0.831. The first-order valence-corrected chi connectivity index (χ1v) is 8.41. The zero-order valence-electron chi connectivity index (χ0n) is 12.0. The summed E-state index contributed by atoms with van der Waals surface area (Å²) in [5.41, 5.74) is 0. The van der Waals surface area contributed by atoms with Crippen molar-refractivity contribution >= 4 is 16.9 Å². The molecule has 2 aliphatic rings. The number of hydrogen-bond acceptors (Lipinski definition) is 4. The van der Waals surface area contributed by atoms with Gasteiger partial charge in [0.15, 0.2) is 5.17 Å². The molecule has 3 atom stereocenters. The molecule has 0 aromatic heterocycles. The third-order valence-corrected chi connectivity index (χ3v) is 5.22. The Hall–Kier alpha value is -0.220. The highest BCUT2D eigenvalue weighted by atomic mass is 32.2. The van der Waals surface area contributed by atoms with Gasteiger partial charge in [0.2, 0.25) is 0 Å². The van der Waals surface area contributed by atoms with Crippen molar-refractivity contribution in [3.63, 3.8) is 0 Å². The molecule has 3 nitrogen and oxygen atoms in total. The van der Waals surface area contributed by atoms with Gasteiger partial charge in [-0.2, -0.15) is 0 Å².